The number of hydrogen-bond donors (Lipinski definition) is 5. The van der Waals surface area contributed by atoms with Crippen LogP contribution in [0.5, 0.6) is 0 Å². The van der Waals surface area contributed by atoms with Crippen molar-refractivity contribution < 1.29 is 41.8 Å². The summed E-state index contributed by atoms with van der Waals surface area (Å²) in [5.41, 5.74) is -0.936. The molecule has 1 fully saturated rings. The summed E-state index contributed by atoms with van der Waals surface area (Å²) in [5.74, 6) is 0. The molecule has 15 heteroatoms. The minimum absolute atomic E-state index is 0.154. The van der Waals surface area contributed by atoms with Gasteiger partial charge in [-0.15, -0.1) is 0 Å². The van der Waals surface area contributed by atoms with E-state index in [9.17, 15) is 32.8 Å². The normalized spacial score (nSPS) is 25.4. The number of aliphatic hydroxyl groups is 3. The Bertz CT molecular complexity index is 1020. The quantitative estimate of drug-likeness (QED) is 0.186. The van der Waals surface area contributed by atoms with Crippen LogP contribution in [-0.2, 0) is 26.4 Å². The molecule has 0 bridgehead atoms. The number of nitrogens with zero attached hydrogens (tertiary/aromatic N) is 2. The summed E-state index contributed by atoms with van der Waals surface area (Å²) >= 11 is 0. The number of hydrogen-bond acceptors (Lipinski definition) is 10. The number of imidazole rings is 1. The zero-order valence-electron chi connectivity index (χ0n) is 14.1. The SMILES string of the molecule is COS(=O)(=O)[O-].Cn1c[n+]([C@@H]2O[C@H](CO)[C@@H](O)[C@H]2O)c2[nH]c(=O)[nH]c(=O)c21. The third-order valence-electron chi connectivity index (χ3n) is 3.80. The second-order valence-electron chi connectivity index (χ2n) is 5.54. The van der Waals surface area contributed by atoms with Crippen molar-refractivity contribution >= 4 is 21.6 Å². The van der Waals surface area contributed by atoms with Crippen LogP contribution < -0.4 is 15.8 Å². The molecule has 2 aromatic rings. The number of ether oxygens (including phenoxy) is 1. The lowest BCUT2D eigenvalue weighted by molar-refractivity contribution is -0.746. The summed E-state index contributed by atoms with van der Waals surface area (Å²) in [6, 6.07) is 0. The first-order valence-electron chi connectivity index (χ1n) is 7.36. The highest BCUT2D eigenvalue weighted by atomic mass is 32.3. The molecule has 0 aliphatic carbocycles. The van der Waals surface area contributed by atoms with Crippen molar-refractivity contribution in [1.82, 2.24) is 14.5 Å². The van der Waals surface area contributed by atoms with Gasteiger partial charge in [0.1, 0.15) is 18.3 Å². The molecule has 4 atom stereocenters. The van der Waals surface area contributed by atoms with Gasteiger partial charge in [-0.05, 0) is 0 Å². The molecule has 0 saturated carbocycles. The van der Waals surface area contributed by atoms with Crippen LogP contribution in [0.2, 0.25) is 0 Å². The maximum atomic E-state index is 11.8. The lowest BCUT2D eigenvalue weighted by Crippen LogP contribution is -2.46. The van der Waals surface area contributed by atoms with E-state index in [1.165, 1.54) is 15.5 Å². The summed E-state index contributed by atoms with van der Waals surface area (Å²) in [5, 5.41) is 28.9. The van der Waals surface area contributed by atoms with Crippen LogP contribution in [0.3, 0.4) is 0 Å². The Hall–Kier alpha value is -2.14. The molecular formula is C12H18N4O10S. The average Bonchev–Trinajstić information content (AvgIpc) is 3.05. The van der Waals surface area contributed by atoms with E-state index in [-0.39, 0.29) is 11.2 Å². The molecule has 1 saturated heterocycles. The molecule has 0 spiro atoms. The Kier molecular flexibility index (Phi) is 6.15. The lowest BCUT2D eigenvalue weighted by Gasteiger charge is -2.12. The van der Waals surface area contributed by atoms with Gasteiger partial charge in [0.25, 0.3) is 11.2 Å². The minimum Gasteiger partial charge on any atom is -0.726 e. The van der Waals surface area contributed by atoms with Gasteiger partial charge in [-0.2, -0.15) is 0 Å². The van der Waals surface area contributed by atoms with E-state index >= 15 is 0 Å². The molecule has 1 aliphatic rings. The van der Waals surface area contributed by atoms with E-state index in [2.05, 4.69) is 14.2 Å². The number of aromatic amines is 2. The number of rotatable bonds is 3. The van der Waals surface area contributed by atoms with E-state index in [0.717, 1.165) is 7.11 Å². The Morgan fingerprint density at radius 3 is 2.41 bits per heavy atom. The molecule has 0 amide bonds. The van der Waals surface area contributed by atoms with E-state index in [4.69, 9.17) is 9.84 Å². The first-order valence-corrected chi connectivity index (χ1v) is 8.70. The van der Waals surface area contributed by atoms with Gasteiger partial charge in [0.15, 0.2) is 6.33 Å². The Morgan fingerprint density at radius 1 is 1.33 bits per heavy atom. The summed E-state index contributed by atoms with van der Waals surface area (Å²) in [6.45, 7) is -0.461. The van der Waals surface area contributed by atoms with Crippen molar-refractivity contribution in [3.05, 3.63) is 27.2 Å². The molecule has 3 rings (SSSR count). The van der Waals surface area contributed by atoms with Gasteiger partial charge in [0.2, 0.25) is 22.1 Å². The van der Waals surface area contributed by atoms with Gasteiger partial charge in [-0.1, -0.05) is 0 Å². The first-order chi connectivity index (χ1) is 12.5. The van der Waals surface area contributed by atoms with E-state index < -0.39 is 52.8 Å². The van der Waals surface area contributed by atoms with Gasteiger partial charge < -0.3 is 24.6 Å². The Balaban J connectivity index is 0.000000380. The highest BCUT2D eigenvalue weighted by molar-refractivity contribution is 7.80. The fourth-order valence-corrected chi connectivity index (χ4v) is 2.59. The van der Waals surface area contributed by atoms with Gasteiger partial charge >= 0.3 is 5.69 Å². The van der Waals surface area contributed by atoms with Gasteiger partial charge in [0, 0.05) is 0 Å². The monoisotopic (exact) mass is 410 g/mol. The number of aromatic nitrogens is 4. The lowest BCUT2D eigenvalue weighted by atomic mass is 10.1. The third kappa shape index (κ3) is 4.41. The standard InChI is InChI=1S/C11H14N4O6.CH4O4S/c1-14-3-15(8-5(14)9(19)13-11(20)12-8)10-7(18)6(17)4(2-16)21-10;1-5-6(2,3)4/h3-4,6-7,10,16-18H,2H2,1H3,(H-,12,13,19,20);1H3,(H,2,3,4)/t4-,6-,7-,10-;/m1./s1. The van der Waals surface area contributed by atoms with Gasteiger partial charge in [0.05, 0.1) is 20.8 Å². The fraction of sp³-hybridized carbons (Fsp3) is 0.583. The minimum atomic E-state index is -4.41. The van der Waals surface area contributed by atoms with Crippen LogP contribution >= 0.6 is 0 Å². The summed E-state index contributed by atoms with van der Waals surface area (Å²) in [6.07, 6.45) is -3.09. The van der Waals surface area contributed by atoms with Crippen molar-refractivity contribution in [2.75, 3.05) is 13.7 Å². The van der Waals surface area contributed by atoms with E-state index in [0.29, 0.717) is 0 Å². The van der Waals surface area contributed by atoms with Crippen LogP contribution in [0.4, 0.5) is 0 Å². The van der Waals surface area contributed by atoms with Crippen molar-refractivity contribution in [2.45, 2.75) is 24.5 Å². The molecule has 5 N–H and O–H groups in total. The van der Waals surface area contributed by atoms with Gasteiger partial charge in [-0.25, -0.2) is 22.8 Å². The van der Waals surface area contributed by atoms with E-state index in [1.54, 1.807) is 7.05 Å². The zero-order chi connectivity index (χ0) is 20.5. The summed E-state index contributed by atoms with van der Waals surface area (Å²) in [4.78, 5) is 27.8. The Morgan fingerprint density at radius 2 is 1.93 bits per heavy atom. The van der Waals surface area contributed by atoms with Crippen LogP contribution in [-0.4, -0.2) is 74.9 Å². The molecule has 0 aromatic carbocycles. The number of aryl methyl sites for hydroxylation is 1. The molecule has 0 radical (unpaired) electrons. The van der Waals surface area contributed by atoms with Crippen molar-refractivity contribution in [2.24, 2.45) is 7.05 Å². The summed E-state index contributed by atoms with van der Waals surface area (Å²) < 4.78 is 39.2. The zero-order valence-corrected chi connectivity index (χ0v) is 14.9. The maximum Gasteiger partial charge on any atom is 0.384 e. The smallest absolute Gasteiger partial charge is 0.384 e. The molecule has 3 heterocycles. The molecule has 27 heavy (non-hydrogen) atoms. The molecule has 2 aromatic heterocycles. The summed E-state index contributed by atoms with van der Waals surface area (Å²) in [7, 11) is -2.01. The molecule has 1 aliphatic heterocycles. The van der Waals surface area contributed by atoms with Crippen LogP contribution in [0.15, 0.2) is 15.9 Å². The fourth-order valence-electron chi connectivity index (χ4n) is 2.59. The Labute approximate surface area is 151 Å². The second-order valence-corrected chi connectivity index (χ2v) is 6.69. The van der Waals surface area contributed by atoms with Crippen molar-refractivity contribution in [1.29, 1.82) is 0 Å². The molecule has 14 nitrogen and oxygen atoms in total. The van der Waals surface area contributed by atoms with Crippen LogP contribution in [0.1, 0.15) is 6.23 Å². The van der Waals surface area contributed by atoms with Gasteiger partial charge in [-0.3, -0.25) is 18.5 Å². The second kappa shape index (κ2) is 7.85. The molecule has 152 valence electrons. The van der Waals surface area contributed by atoms with E-state index in [1.807, 2.05) is 0 Å². The highest BCUT2D eigenvalue weighted by Crippen LogP contribution is 2.25. The topological polar surface area (TPSA) is 211 Å². The number of nitrogens with one attached hydrogen (secondary N) is 2. The number of aliphatic hydroxyl groups excluding tert-OH is 3. The first kappa shape index (κ1) is 21.2. The predicted molar refractivity (Wildman–Crippen MR) is 84.1 cm³/mol. The highest BCUT2D eigenvalue weighted by Gasteiger charge is 2.46. The number of fused-ring (bicyclic) bond motifs is 1. The predicted octanol–water partition coefficient (Wildman–Crippen LogP) is -4.45. The third-order valence-corrected chi connectivity index (χ3v) is 4.21. The van der Waals surface area contributed by atoms with Crippen molar-refractivity contribution in [3.63, 3.8) is 0 Å². The van der Waals surface area contributed by atoms with Crippen LogP contribution in [0, 0.1) is 0 Å². The average molecular weight is 410 g/mol. The number of H-pyrrole nitrogens is 2. The van der Waals surface area contributed by atoms with Crippen LogP contribution in [0.25, 0.3) is 11.2 Å². The molecular weight excluding hydrogens is 392 g/mol. The maximum absolute atomic E-state index is 11.8. The largest absolute Gasteiger partial charge is 0.726 e. The van der Waals surface area contributed by atoms with Crippen molar-refractivity contribution in [3.8, 4) is 0 Å². The molecule has 0 unspecified atom stereocenters.